The lowest BCUT2D eigenvalue weighted by Gasteiger charge is -2.23. The van der Waals surface area contributed by atoms with Crippen LogP contribution >= 0.6 is 0 Å². The Morgan fingerprint density at radius 3 is 2.81 bits per heavy atom. The molecule has 0 aliphatic heterocycles. The zero-order valence-corrected chi connectivity index (χ0v) is 12.4. The van der Waals surface area contributed by atoms with Gasteiger partial charge < -0.3 is 15.7 Å². The van der Waals surface area contributed by atoms with E-state index in [1.54, 1.807) is 6.07 Å². The van der Waals surface area contributed by atoms with Gasteiger partial charge in [-0.15, -0.1) is 0 Å². The third kappa shape index (κ3) is 5.01. The largest absolute Gasteiger partial charge is 0.388 e. The molecule has 1 fully saturated rings. The van der Waals surface area contributed by atoms with Gasteiger partial charge in [-0.1, -0.05) is 25.0 Å². The number of carbonyl (C=O) groups excluding carboxylic acids is 1. The summed E-state index contributed by atoms with van der Waals surface area (Å²) in [5, 5.41) is 15.7. The SMILES string of the molecule is CC(Cc1cccc(F)c1)NC(=O)NCC1(O)CCCC1. The lowest BCUT2D eigenvalue weighted by atomic mass is 10.0. The summed E-state index contributed by atoms with van der Waals surface area (Å²) in [4.78, 5) is 11.8. The highest BCUT2D eigenvalue weighted by Gasteiger charge is 2.31. The van der Waals surface area contributed by atoms with E-state index >= 15 is 0 Å². The average Bonchev–Trinajstić information content (AvgIpc) is 2.84. The molecule has 1 aliphatic rings. The maximum Gasteiger partial charge on any atom is 0.315 e. The molecule has 21 heavy (non-hydrogen) atoms. The summed E-state index contributed by atoms with van der Waals surface area (Å²) in [6.07, 6.45) is 4.07. The second-order valence-corrected chi connectivity index (χ2v) is 5.99. The number of rotatable bonds is 5. The Morgan fingerprint density at radius 2 is 2.14 bits per heavy atom. The van der Waals surface area contributed by atoms with Crippen molar-refractivity contribution in [2.45, 2.75) is 50.7 Å². The van der Waals surface area contributed by atoms with Crippen molar-refractivity contribution in [1.29, 1.82) is 0 Å². The number of nitrogens with one attached hydrogen (secondary N) is 2. The van der Waals surface area contributed by atoms with Crippen LogP contribution in [0.2, 0.25) is 0 Å². The molecule has 0 aromatic heterocycles. The molecule has 3 N–H and O–H groups in total. The number of hydrogen-bond acceptors (Lipinski definition) is 2. The molecule has 0 saturated heterocycles. The van der Waals surface area contributed by atoms with Crippen molar-refractivity contribution in [3.8, 4) is 0 Å². The van der Waals surface area contributed by atoms with Gasteiger partial charge in [0.1, 0.15) is 5.82 Å². The van der Waals surface area contributed by atoms with Crippen molar-refractivity contribution in [2.24, 2.45) is 0 Å². The van der Waals surface area contributed by atoms with E-state index in [1.165, 1.54) is 12.1 Å². The molecule has 2 rings (SSSR count). The molecule has 0 spiro atoms. The average molecular weight is 294 g/mol. The summed E-state index contributed by atoms with van der Waals surface area (Å²) < 4.78 is 13.1. The van der Waals surface area contributed by atoms with Crippen LogP contribution in [-0.4, -0.2) is 29.3 Å². The molecule has 1 aliphatic carbocycles. The van der Waals surface area contributed by atoms with Gasteiger partial charge in [-0.2, -0.15) is 0 Å². The standard InChI is InChI=1S/C16H23FN2O2/c1-12(9-13-5-4-6-14(17)10-13)19-15(20)18-11-16(21)7-2-3-8-16/h4-6,10,12,21H,2-3,7-9,11H2,1H3,(H2,18,19,20). The topological polar surface area (TPSA) is 61.4 Å². The number of aliphatic hydroxyl groups is 1. The fraction of sp³-hybridized carbons (Fsp3) is 0.562. The van der Waals surface area contributed by atoms with Gasteiger partial charge in [-0.05, 0) is 43.9 Å². The number of urea groups is 1. The number of carbonyl (C=O) groups is 1. The van der Waals surface area contributed by atoms with Crippen molar-refractivity contribution in [2.75, 3.05) is 6.54 Å². The summed E-state index contributed by atoms with van der Waals surface area (Å²) in [6, 6.07) is 5.96. The van der Waals surface area contributed by atoms with Crippen LogP contribution in [0.1, 0.15) is 38.2 Å². The Hall–Kier alpha value is -1.62. The van der Waals surface area contributed by atoms with Crippen LogP contribution in [0.5, 0.6) is 0 Å². The summed E-state index contributed by atoms with van der Waals surface area (Å²) in [5.74, 6) is -0.271. The van der Waals surface area contributed by atoms with Gasteiger partial charge >= 0.3 is 6.03 Å². The number of halogens is 1. The zero-order valence-electron chi connectivity index (χ0n) is 12.4. The lowest BCUT2D eigenvalue weighted by Crippen LogP contribution is -2.47. The minimum Gasteiger partial charge on any atom is -0.388 e. The number of benzene rings is 1. The second-order valence-electron chi connectivity index (χ2n) is 5.99. The predicted molar refractivity (Wildman–Crippen MR) is 79.5 cm³/mol. The second kappa shape index (κ2) is 6.89. The Kier molecular flexibility index (Phi) is 5.17. The maximum absolute atomic E-state index is 13.1. The van der Waals surface area contributed by atoms with Gasteiger partial charge in [-0.25, -0.2) is 9.18 Å². The highest BCUT2D eigenvalue weighted by molar-refractivity contribution is 5.74. The van der Waals surface area contributed by atoms with Crippen LogP contribution in [0.3, 0.4) is 0 Å². The van der Waals surface area contributed by atoms with E-state index in [9.17, 15) is 14.3 Å². The summed E-state index contributed by atoms with van der Waals surface area (Å²) in [7, 11) is 0. The first-order valence-electron chi connectivity index (χ1n) is 7.48. The number of amides is 2. The fourth-order valence-corrected chi connectivity index (χ4v) is 2.80. The minimum absolute atomic E-state index is 0.106. The van der Waals surface area contributed by atoms with E-state index in [-0.39, 0.29) is 24.4 Å². The van der Waals surface area contributed by atoms with E-state index < -0.39 is 5.60 Å². The van der Waals surface area contributed by atoms with Crippen LogP contribution in [0, 0.1) is 5.82 Å². The Bertz CT molecular complexity index is 487. The van der Waals surface area contributed by atoms with E-state index in [4.69, 9.17) is 0 Å². The van der Waals surface area contributed by atoms with Gasteiger partial charge in [0.15, 0.2) is 0 Å². The quantitative estimate of drug-likeness (QED) is 0.780. The van der Waals surface area contributed by atoms with Crippen LogP contribution in [-0.2, 0) is 6.42 Å². The van der Waals surface area contributed by atoms with Crippen molar-refractivity contribution in [3.63, 3.8) is 0 Å². The molecule has 0 heterocycles. The van der Waals surface area contributed by atoms with E-state index in [0.717, 1.165) is 31.2 Å². The molecule has 5 heteroatoms. The predicted octanol–water partition coefficient (Wildman–Crippen LogP) is 2.36. The summed E-state index contributed by atoms with van der Waals surface area (Å²) in [5.41, 5.74) is 0.0978. The van der Waals surface area contributed by atoms with Crippen LogP contribution in [0.15, 0.2) is 24.3 Å². The van der Waals surface area contributed by atoms with Crippen molar-refractivity contribution < 1.29 is 14.3 Å². The van der Waals surface area contributed by atoms with Gasteiger partial charge in [0.25, 0.3) is 0 Å². The highest BCUT2D eigenvalue weighted by Crippen LogP contribution is 2.28. The van der Waals surface area contributed by atoms with E-state index in [2.05, 4.69) is 10.6 Å². The van der Waals surface area contributed by atoms with Crippen molar-refractivity contribution in [1.82, 2.24) is 10.6 Å². The van der Waals surface area contributed by atoms with Crippen molar-refractivity contribution in [3.05, 3.63) is 35.6 Å². The van der Waals surface area contributed by atoms with Gasteiger partial charge in [-0.3, -0.25) is 0 Å². The molecule has 1 atom stereocenters. The Morgan fingerprint density at radius 1 is 1.43 bits per heavy atom. The molecule has 1 saturated carbocycles. The number of hydrogen-bond donors (Lipinski definition) is 3. The first-order valence-corrected chi connectivity index (χ1v) is 7.48. The molecule has 4 nitrogen and oxygen atoms in total. The van der Waals surface area contributed by atoms with Crippen molar-refractivity contribution >= 4 is 6.03 Å². The highest BCUT2D eigenvalue weighted by atomic mass is 19.1. The molecule has 0 bridgehead atoms. The van der Waals surface area contributed by atoms with Gasteiger partial charge in [0.2, 0.25) is 0 Å². The van der Waals surface area contributed by atoms with Crippen LogP contribution in [0.4, 0.5) is 9.18 Å². The molecule has 1 aromatic carbocycles. The third-order valence-electron chi connectivity index (χ3n) is 3.92. The zero-order chi connectivity index (χ0) is 15.3. The molecule has 2 amide bonds. The Labute approximate surface area is 124 Å². The van der Waals surface area contributed by atoms with E-state index in [1.807, 2.05) is 13.0 Å². The minimum atomic E-state index is -0.747. The lowest BCUT2D eigenvalue weighted by molar-refractivity contribution is 0.0500. The van der Waals surface area contributed by atoms with Gasteiger partial charge in [0, 0.05) is 12.6 Å². The maximum atomic E-state index is 13.1. The Balaban J connectivity index is 1.74. The smallest absolute Gasteiger partial charge is 0.315 e. The molecule has 0 radical (unpaired) electrons. The monoisotopic (exact) mass is 294 g/mol. The van der Waals surface area contributed by atoms with Gasteiger partial charge in [0.05, 0.1) is 5.60 Å². The summed E-state index contributed by atoms with van der Waals surface area (Å²) >= 11 is 0. The molecular formula is C16H23FN2O2. The fourth-order valence-electron chi connectivity index (χ4n) is 2.80. The molecule has 1 aromatic rings. The van der Waals surface area contributed by atoms with E-state index in [0.29, 0.717) is 6.42 Å². The molecule has 116 valence electrons. The van der Waals surface area contributed by atoms with Crippen LogP contribution < -0.4 is 10.6 Å². The summed E-state index contributed by atoms with van der Waals surface area (Å²) in [6.45, 7) is 2.15. The first kappa shape index (κ1) is 15.8. The first-order chi connectivity index (χ1) is 9.97. The molecule has 1 unspecified atom stereocenters. The third-order valence-corrected chi connectivity index (χ3v) is 3.92. The normalized spacial score (nSPS) is 18.2. The van der Waals surface area contributed by atoms with Crippen LogP contribution in [0.25, 0.3) is 0 Å². The molecular weight excluding hydrogens is 271 g/mol.